The lowest BCUT2D eigenvalue weighted by atomic mass is 10.1. The number of benzene rings is 1. The molecule has 0 spiro atoms. The fraction of sp³-hybridized carbons (Fsp3) is 0.467. The largest absolute Gasteiger partial charge is 0.380 e. The zero-order valence-corrected chi connectivity index (χ0v) is 13.7. The zero-order valence-electron chi connectivity index (χ0n) is 12.9. The third-order valence-corrected chi connectivity index (χ3v) is 3.03. The van der Waals surface area contributed by atoms with Gasteiger partial charge >= 0.3 is 0 Å². The molecule has 0 saturated carbocycles. The Labute approximate surface area is 137 Å². The van der Waals surface area contributed by atoms with Gasteiger partial charge in [-0.25, -0.2) is 0 Å². The maximum atomic E-state index is 11.7. The molecule has 1 rings (SSSR count). The van der Waals surface area contributed by atoms with Crippen molar-refractivity contribution < 1.29 is 14.3 Å². The number of nitrogens with two attached hydrogens (primary N) is 1. The molecule has 1 aromatic carbocycles. The normalized spacial score (nSPS) is 11.2. The lowest BCUT2D eigenvalue weighted by Gasteiger charge is -2.13. The van der Waals surface area contributed by atoms with E-state index in [2.05, 4.69) is 10.6 Å². The predicted molar refractivity (Wildman–Crippen MR) is 88.0 cm³/mol. The summed E-state index contributed by atoms with van der Waals surface area (Å²) in [6.07, 6.45) is -0.0464. The molecular weight excluding hydrogens is 306 g/mol. The zero-order chi connectivity index (χ0) is 15.7. The standard InChI is InChI=1S/C15H23N3O3.ClH/c1-3-17-15(20)12-6-4-5-11(7-12)10-18-14(19)8-13(9-16)21-2;/h4-7,13H,3,8-10,16H2,1-2H3,(H,17,20)(H,18,19);1H. The number of hydrogen-bond acceptors (Lipinski definition) is 4. The molecule has 7 heteroatoms. The summed E-state index contributed by atoms with van der Waals surface area (Å²) in [7, 11) is 1.53. The second kappa shape index (κ2) is 11.0. The maximum Gasteiger partial charge on any atom is 0.251 e. The quantitative estimate of drug-likeness (QED) is 0.659. The molecule has 0 saturated heterocycles. The molecule has 124 valence electrons. The molecule has 0 bridgehead atoms. The van der Waals surface area contributed by atoms with Crippen molar-refractivity contribution in [1.29, 1.82) is 0 Å². The van der Waals surface area contributed by atoms with Crippen molar-refractivity contribution in [1.82, 2.24) is 10.6 Å². The average molecular weight is 330 g/mol. The number of rotatable bonds is 8. The molecule has 0 heterocycles. The van der Waals surface area contributed by atoms with Gasteiger partial charge in [-0.1, -0.05) is 12.1 Å². The van der Waals surface area contributed by atoms with Crippen LogP contribution in [0.3, 0.4) is 0 Å². The van der Waals surface area contributed by atoms with Crippen LogP contribution in [0.5, 0.6) is 0 Å². The number of methoxy groups -OCH3 is 1. The summed E-state index contributed by atoms with van der Waals surface area (Å²) < 4.78 is 5.06. The number of halogens is 1. The van der Waals surface area contributed by atoms with Crippen molar-refractivity contribution in [3.8, 4) is 0 Å². The van der Waals surface area contributed by atoms with Crippen LogP contribution < -0.4 is 16.4 Å². The Balaban J connectivity index is 0.00000441. The number of nitrogens with one attached hydrogen (secondary N) is 2. The fourth-order valence-corrected chi connectivity index (χ4v) is 1.83. The van der Waals surface area contributed by atoms with Gasteiger partial charge in [0.05, 0.1) is 12.5 Å². The van der Waals surface area contributed by atoms with Crippen LogP contribution >= 0.6 is 12.4 Å². The molecule has 6 nitrogen and oxygen atoms in total. The van der Waals surface area contributed by atoms with Crippen molar-refractivity contribution in [3.05, 3.63) is 35.4 Å². The minimum Gasteiger partial charge on any atom is -0.380 e. The summed E-state index contributed by atoms with van der Waals surface area (Å²) in [5.41, 5.74) is 6.92. The second-order valence-electron chi connectivity index (χ2n) is 4.63. The highest BCUT2D eigenvalue weighted by molar-refractivity contribution is 5.94. The summed E-state index contributed by atoms with van der Waals surface area (Å²) in [6, 6.07) is 7.16. The Hall–Kier alpha value is -1.63. The Morgan fingerprint density at radius 2 is 2.05 bits per heavy atom. The number of carbonyl (C=O) groups excluding carboxylic acids is 2. The summed E-state index contributed by atoms with van der Waals surface area (Å²) in [4.78, 5) is 23.5. The molecule has 0 aliphatic heterocycles. The van der Waals surface area contributed by atoms with E-state index in [1.165, 1.54) is 7.11 Å². The van der Waals surface area contributed by atoms with Crippen LogP contribution in [0.25, 0.3) is 0 Å². The summed E-state index contributed by atoms with van der Waals surface area (Å²) in [5.74, 6) is -0.246. The first-order valence-corrected chi connectivity index (χ1v) is 6.97. The number of ether oxygens (including phenoxy) is 1. The fourth-order valence-electron chi connectivity index (χ4n) is 1.83. The van der Waals surface area contributed by atoms with E-state index in [0.29, 0.717) is 25.2 Å². The first-order chi connectivity index (χ1) is 10.1. The van der Waals surface area contributed by atoms with E-state index in [4.69, 9.17) is 10.5 Å². The summed E-state index contributed by atoms with van der Waals surface area (Å²) in [5, 5.41) is 5.53. The predicted octanol–water partition coefficient (Wildman–Crippen LogP) is 0.838. The molecule has 0 aliphatic rings. The molecule has 1 atom stereocenters. The second-order valence-corrected chi connectivity index (χ2v) is 4.63. The molecular formula is C15H24ClN3O3. The monoisotopic (exact) mass is 329 g/mol. The maximum absolute atomic E-state index is 11.7. The lowest BCUT2D eigenvalue weighted by Crippen LogP contribution is -2.32. The van der Waals surface area contributed by atoms with E-state index in [1.807, 2.05) is 13.0 Å². The minimum atomic E-state index is -0.272. The third kappa shape index (κ3) is 6.89. The van der Waals surface area contributed by atoms with Gasteiger partial charge in [0, 0.05) is 32.3 Å². The van der Waals surface area contributed by atoms with Crippen LogP contribution in [0.1, 0.15) is 29.3 Å². The van der Waals surface area contributed by atoms with Crippen LogP contribution in [0.15, 0.2) is 24.3 Å². The van der Waals surface area contributed by atoms with Gasteiger partial charge in [0.1, 0.15) is 0 Å². The number of hydrogen-bond donors (Lipinski definition) is 3. The van der Waals surface area contributed by atoms with E-state index in [1.54, 1.807) is 18.2 Å². The lowest BCUT2D eigenvalue weighted by molar-refractivity contribution is -0.123. The van der Waals surface area contributed by atoms with Gasteiger partial charge in [0.25, 0.3) is 5.91 Å². The number of carbonyl (C=O) groups is 2. The van der Waals surface area contributed by atoms with Gasteiger partial charge in [0.2, 0.25) is 5.91 Å². The third-order valence-electron chi connectivity index (χ3n) is 3.03. The molecule has 22 heavy (non-hydrogen) atoms. The van der Waals surface area contributed by atoms with Crippen molar-refractivity contribution in [3.63, 3.8) is 0 Å². The van der Waals surface area contributed by atoms with E-state index >= 15 is 0 Å². The molecule has 0 aliphatic carbocycles. The van der Waals surface area contributed by atoms with Crippen molar-refractivity contribution >= 4 is 24.2 Å². The van der Waals surface area contributed by atoms with Crippen LogP contribution in [-0.2, 0) is 16.1 Å². The van der Waals surface area contributed by atoms with Crippen LogP contribution in [0.4, 0.5) is 0 Å². The van der Waals surface area contributed by atoms with Gasteiger partial charge in [-0.3, -0.25) is 9.59 Å². The topological polar surface area (TPSA) is 93.5 Å². The molecule has 0 fully saturated rings. The van der Waals surface area contributed by atoms with Gasteiger partial charge in [-0.05, 0) is 24.6 Å². The Bertz CT molecular complexity index is 479. The molecule has 1 aromatic rings. The number of amides is 2. The molecule has 0 aromatic heterocycles. The van der Waals surface area contributed by atoms with Crippen LogP contribution in [-0.4, -0.2) is 38.1 Å². The first-order valence-electron chi connectivity index (χ1n) is 6.97. The average Bonchev–Trinajstić information content (AvgIpc) is 2.51. The van der Waals surface area contributed by atoms with Crippen molar-refractivity contribution in [2.75, 3.05) is 20.2 Å². The van der Waals surface area contributed by atoms with E-state index in [9.17, 15) is 9.59 Å². The molecule has 4 N–H and O–H groups in total. The van der Waals surface area contributed by atoms with Crippen molar-refractivity contribution in [2.24, 2.45) is 5.73 Å². The van der Waals surface area contributed by atoms with Crippen LogP contribution in [0.2, 0.25) is 0 Å². The van der Waals surface area contributed by atoms with Gasteiger partial charge in [-0.15, -0.1) is 12.4 Å². The van der Waals surface area contributed by atoms with Gasteiger partial charge < -0.3 is 21.1 Å². The molecule has 1 unspecified atom stereocenters. The van der Waals surface area contributed by atoms with Crippen molar-refractivity contribution in [2.45, 2.75) is 26.0 Å². The van der Waals surface area contributed by atoms with E-state index in [-0.39, 0.29) is 36.7 Å². The molecule has 0 radical (unpaired) electrons. The Morgan fingerprint density at radius 3 is 2.64 bits per heavy atom. The Kier molecular flexibility index (Phi) is 10.2. The minimum absolute atomic E-state index is 0. The first kappa shape index (κ1) is 20.4. The highest BCUT2D eigenvalue weighted by Gasteiger charge is 2.11. The van der Waals surface area contributed by atoms with Gasteiger partial charge in [0.15, 0.2) is 0 Å². The highest BCUT2D eigenvalue weighted by atomic mass is 35.5. The van der Waals surface area contributed by atoms with Gasteiger partial charge in [-0.2, -0.15) is 0 Å². The summed E-state index contributed by atoms with van der Waals surface area (Å²) in [6.45, 7) is 3.12. The highest BCUT2D eigenvalue weighted by Crippen LogP contribution is 2.05. The molecule has 2 amide bonds. The van der Waals surface area contributed by atoms with Crippen LogP contribution in [0, 0.1) is 0 Å². The SMILES string of the molecule is CCNC(=O)c1cccc(CNC(=O)CC(CN)OC)c1.Cl. The van der Waals surface area contributed by atoms with E-state index in [0.717, 1.165) is 5.56 Å². The Morgan fingerprint density at radius 1 is 1.32 bits per heavy atom. The summed E-state index contributed by atoms with van der Waals surface area (Å²) >= 11 is 0. The van der Waals surface area contributed by atoms with E-state index < -0.39 is 0 Å². The smallest absolute Gasteiger partial charge is 0.251 e.